The van der Waals surface area contributed by atoms with Crippen LogP contribution in [0.4, 0.5) is 0 Å². The van der Waals surface area contributed by atoms with Crippen LogP contribution in [-0.2, 0) is 4.79 Å². The number of nitrogens with one attached hydrogen (secondary N) is 1. The van der Waals surface area contributed by atoms with Crippen LogP contribution >= 0.6 is 12.4 Å². The van der Waals surface area contributed by atoms with E-state index >= 15 is 0 Å². The maximum absolute atomic E-state index is 10.7. The molecule has 0 aliphatic carbocycles. The molecule has 0 spiro atoms. The Morgan fingerprint density at radius 1 is 1.50 bits per heavy atom. The molecule has 1 fully saturated rings. The molecular formula is C8H16ClNO2. The molecule has 0 radical (unpaired) electrons. The quantitative estimate of drug-likeness (QED) is 0.688. The highest BCUT2D eigenvalue weighted by atomic mass is 35.5. The van der Waals surface area contributed by atoms with Gasteiger partial charge in [-0.05, 0) is 18.4 Å². The molecule has 1 saturated heterocycles. The first-order valence-electron chi connectivity index (χ1n) is 4.06. The lowest BCUT2D eigenvalue weighted by molar-refractivity contribution is -0.142. The summed E-state index contributed by atoms with van der Waals surface area (Å²) >= 11 is 0. The maximum atomic E-state index is 10.7. The van der Waals surface area contributed by atoms with Crippen molar-refractivity contribution >= 4 is 18.4 Å². The SMILES string of the molecule is CC(C)C1CNCC1C(=O)O.Cl. The largest absolute Gasteiger partial charge is 0.481 e. The predicted octanol–water partition coefficient (Wildman–Crippen LogP) is 0.984. The lowest BCUT2D eigenvalue weighted by atomic mass is 9.86. The molecule has 0 saturated carbocycles. The molecule has 2 atom stereocenters. The second kappa shape index (κ2) is 4.67. The topological polar surface area (TPSA) is 49.3 Å². The van der Waals surface area contributed by atoms with Crippen LogP contribution in [0.2, 0.25) is 0 Å². The fourth-order valence-corrected chi connectivity index (χ4v) is 1.67. The van der Waals surface area contributed by atoms with Crippen molar-refractivity contribution in [3.8, 4) is 0 Å². The Morgan fingerprint density at radius 2 is 2.08 bits per heavy atom. The Morgan fingerprint density at radius 3 is 2.42 bits per heavy atom. The Labute approximate surface area is 78.9 Å². The minimum absolute atomic E-state index is 0. The first-order valence-corrected chi connectivity index (χ1v) is 4.06. The van der Waals surface area contributed by atoms with Crippen molar-refractivity contribution in [2.24, 2.45) is 17.8 Å². The molecule has 1 aliphatic rings. The lowest BCUT2D eigenvalue weighted by Gasteiger charge is -2.17. The zero-order valence-electron chi connectivity index (χ0n) is 7.41. The van der Waals surface area contributed by atoms with Crippen molar-refractivity contribution in [1.29, 1.82) is 0 Å². The van der Waals surface area contributed by atoms with Gasteiger partial charge < -0.3 is 10.4 Å². The lowest BCUT2D eigenvalue weighted by Crippen LogP contribution is -2.25. The van der Waals surface area contributed by atoms with Gasteiger partial charge in [-0.1, -0.05) is 13.8 Å². The third-order valence-corrected chi connectivity index (χ3v) is 2.43. The van der Waals surface area contributed by atoms with Gasteiger partial charge >= 0.3 is 5.97 Å². The van der Waals surface area contributed by atoms with Crippen LogP contribution in [0.3, 0.4) is 0 Å². The van der Waals surface area contributed by atoms with Crippen LogP contribution in [0.25, 0.3) is 0 Å². The number of carboxylic acids is 1. The van der Waals surface area contributed by atoms with Gasteiger partial charge in [-0.15, -0.1) is 12.4 Å². The van der Waals surface area contributed by atoms with Crippen LogP contribution < -0.4 is 5.32 Å². The number of hydrogen-bond acceptors (Lipinski definition) is 2. The van der Waals surface area contributed by atoms with Gasteiger partial charge in [0.25, 0.3) is 0 Å². The Balaban J connectivity index is 0.00000121. The minimum Gasteiger partial charge on any atom is -0.481 e. The van der Waals surface area contributed by atoms with E-state index in [9.17, 15) is 4.79 Å². The Kier molecular flexibility index (Phi) is 4.57. The summed E-state index contributed by atoms with van der Waals surface area (Å²) in [6.45, 7) is 5.65. The van der Waals surface area contributed by atoms with Gasteiger partial charge in [0.05, 0.1) is 5.92 Å². The van der Waals surface area contributed by atoms with E-state index in [2.05, 4.69) is 19.2 Å². The van der Waals surface area contributed by atoms with Crippen molar-refractivity contribution < 1.29 is 9.90 Å². The summed E-state index contributed by atoms with van der Waals surface area (Å²) in [4.78, 5) is 10.7. The number of hydrogen-bond donors (Lipinski definition) is 2. The normalized spacial score (nSPS) is 28.6. The molecule has 12 heavy (non-hydrogen) atoms. The molecule has 0 aromatic carbocycles. The van der Waals surface area contributed by atoms with Crippen molar-refractivity contribution in [2.75, 3.05) is 13.1 Å². The van der Waals surface area contributed by atoms with Gasteiger partial charge in [-0.3, -0.25) is 4.79 Å². The third-order valence-electron chi connectivity index (χ3n) is 2.43. The van der Waals surface area contributed by atoms with Gasteiger partial charge in [0.15, 0.2) is 0 Å². The van der Waals surface area contributed by atoms with Gasteiger partial charge in [0.2, 0.25) is 0 Å². The van der Waals surface area contributed by atoms with Crippen molar-refractivity contribution in [2.45, 2.75) is 13.8 Å². The molecule has 0 amide bonds. The summed E-state index contributed by atoms with van der Waals surface area (Å²) in [6.07, 6.45) is 0. The smallest absolute Gasteiger partial charge is 0.308 e. The molecule has 4 heteroatoms. The molecule has 0 aromatic heterocycles. The van der Waals surface area contributed by atoms with Gasteiger partial charge in [0.1, 0.15) is 0 Å². The van der Waals surface area contributed by atoms with Crippen molar-refractivity contribution in [1.82, 2.24) is 5.32 Å². The van der Waals surface area contributed by atoms with E-state index in [0.29, 0.717) is 18.4 Å². The molecule has 0 bridgehead atoms. The summed E-state index contributed by atoms with van der Waals surface area (Å²) in [5.74, 6) is -0.0534. The first-order chi connectivity index (χ1) is 5.13. The van der Waals surface area contributed by atoms with Crippen LogP contribution in [0.1, 0.15) is 13.8 Å². The molecular weight excluding hydrogens is 178 g/mol. The monoisotopic (exact) mass is 193 g/mol. The van der Waals surface area contributed by atoms with E-state index < -0.39 is 5.97 Å². The van der Waals surface area contributed by atoms with Crippen molar-refractivity contribution in [3.63, 3.8) is 0 Å². The molecule has 2 N–H and O–H groups in total. The van der Waals surface area contributed by atoms with E-state index in [4.69, 9.17) is 5.11 Å². The molecule has 2 unspecified atom stereocenters. The van der Waals surface area contributed by atoms with Crippen LogP contribution in [-0.4, -0.2) is 24.2 Å². The van der Waals surface area contributed by atoms with Crippen LogP contribution in [0.15, 0.2) is 0 Å². The molecule has 1 rings (SSSR count). The van der Waals surface area contributed by atoms with E-state index in [-0.39, 0.29) is 18.3 Å². The Bertz CT molecular complexity index is 161. The average molecular weight is 194 g/mol. The third kappa shape index (κ3) is 2.35. The second-order valence-corrected chi connectivity index (χ2v) is 3.51. The van der Waals surface area contributed by atoms with Gasteiger partial charge in [-0.2, -0.15) is 0 Å². The highest BCUT2D eigenvalue weighted by Gasteiger charge is 2.34. The zero-order chi connectivity index (χ0) is 8.43. The highest BCUT2D eigenvalue weighted by Crippen LogP contribution is 2.24. The summed E-state index contributed by atoms with van der Waals surface area (Å²) in [7, 11) is 0. The summed E-state index contributed by atoms with van der Waals surface area (Å²) < 4.78 is 0. The molecule has 1 aliphatic heterocycles. The van der Waals surface area contributed by atoms with E-state index in [1.807, 2.05) is 0 Å². The number of carboxylic acid groups (broad SMARTS) is 1. The first kappa shape index (κ1) is 11.7. The maximum Gasteiger partial charge on any atom is 0.308 e. The summed E-state index contributed by atoms with van der Waals surface area (Å²) in [5.41, 5.74) is 0. The number of halogens is 1. The van der Waals surface area contributed by atoms with Gasteiger partial charge in [-0.25, -0.2) is 0 Å². The predicted molar refractivity (Wildman–Crippen MR) is 49.6 cm³/mol. The Hall–Kier alpha value is -0.280. The fraction of sp³-hybridized carbons (Fsp3) is 0.875. The highest BCUT2D eigenvalue weighted by molar-refractivity contribution is 5.85. The number of aliphatic carboxylic acids is 1. The fourth-order valence-electron chi connectivity index (χ4n) is 1.67. The van der Waals surface area contributed by atoms with E-state index in [0.717, 1.165) is 6.54 Å². The van der Waals surface area contributed by atoms with Crippen LogP contribution in [0, 0.1) is 17.8 Å². The summed E-state index contributed by atoms with van der Waals surface area (Å²) in [6, 6.07) is 0. The molecule has 0 aromatic rings. The average Bonchev–Trinajstić information content (AvgIpc) is 2.32. The number of carbonyl (C=O) groups is 1. The number of rotatable bonds is 2. The van der Waals surface area contributed by atoms with Gasteiger partial charge in [0, 0.05) is 6.54 Å². The molecule has 72 valence electrons. The molecule has 1 heterocycles. The molecule has 3 nitrogen and oxygen atoms in total. The van der Waals surface area contributed by atoms with Crippen LogP contribution in [0.5, 0.6) is 0 Å². The standard InChI is InChI=1S/C8H15NO2.ClH/c1-5(2)6-3-9-4-7(6)8(10)11;/h5-7,9H,3-4H2,1-2H3,(H,10,11);1H. The minimum atomic E-state index is -0.659. The zero-order valence-corrected chi connectivity index (χ0v) is 8.23. The second-order valence-electron chi connectivity index (χ2n) is 3.51. The summed E-state index contributed by atoms with van der Waals surface area (Å²) in [5, 5.41) is 11.9. The van der Waals surface area contributed by atoms with Crippen molar-refractivity contribution in [3.05, 3.63) is 0 Å². The van der Waals surface area contributed by atoms with E-state index in [1.54, 1.807) is 0 Å². The van der Waals surface area contributed by atoms with E-state index in [1.165, 1.54) is 0 Å².